The summed E-state index contributed by atoms with van der Waals surface area (Å²) in [6.07, 6.45) is 3.92. The molecule has 8 rings (SSSR count). The van der Waals surface area contributed by atoms with Crippen molar-refractivity contribution in [3.05, 3.63) is 164 Å². The van der Waals surface area contributed by atoms with E-state index < -0.39 is 0 Å². The molecule has 228 valence electrons. The van der Waals surface area contributed by atoms with Crippen molar-refractivity contribution in [2.45, 2.75) is 26.2 Å². The van der Waals surface area contributed by atoms with E-state index in [9.17, 15) is 0 Å². The van der Waals surface area contributed by atoms with Crippen molar-refractivity contribution in [1.29, 1.82) is 0 Å². The first-order valence-corrected chi connectivity index (χ1v) is 16.0. The van der Waals surface area contributed by atoms with Crippen molar-refractivity contribution in [3.63, 3.8) is 0 Å². The average molecular weight is 610 g/mol. The van der Waals surface area contributed by atoms with Gasteiger partial charge in [0.05, 0.1) is 28.7 Å². The molecule has 0 saturated carbocycles. The van der Waals surface area contributed by atoms with Crippen LogP contribution >= 0.6 is 0 Å². The van der Waals surface area contributed by atoms with Gasteiger partial charge >= 0.3 is 0 Å². The van der Waals surface area contributed by atoms with Gasteiger partial charge in [-0.15, -0.1) is 0 Å². The van der Waals surface area contributed by atoms with Gasteiger partial charge in [-0.2, -0.15) is 0 Å². The number of imidazole rings is 1. The summed E-state index contributed by atoms with van der Waals surface area (Å²) in [7, 11) is 0. The summed E-state index contributed by atoms with van der Waals surface area (Å²) in [5.41, 5.74) is 10.2. The Morgan fingerprint density at radius 2 is 1.21 bits per heavy atom. The Bertz CT molecular complexity index is 2360. The average Bonchev–Trinajstić information content (AvgIpc) is 3.72. The molecule has 47 heavy (non-hydrogen) atoms. The van der Waals surface area contributed by atoms with E-state index in [-0.39, 0.29) is 5.41 Å². The molecular formula is C43H35N3O. The van der Waals surface area contributed by atoms with Gasteiger partial charge in [-0.3, -0.25) is 0 Å². The van der Waals surface area contributed by atoms with Crippen LogP contribution < -0.4 is 4.74 Å². The van der Waals surface area contributed by atoms with Gasteiger partial charge in [0, 0.05) is 40.4 Å². The smallest absolute Gasteiger partial charge is 0.129 e. The highest BCUT2D eigenvalue weighted by atomic mass is 16.5. The highest BCUT2D eigenvalue weighted by molar-refractivity contribution is 6.09. The molecule has 0 radical (unpaired) electrons. The number of hydrogen-bond acceptors (Lipinski definition) is 2. The first kappa shape index (κ1) is 28.6. The maximum Gasteiger partial charge on any atom is 0.129 e. The van der Waals surface area contributed by atoms with Crippen LogP contribution in [0.2, 0.25) is 0 Å². The molecule has 0 spiro atoms. The van der Waals surface area contributed by atoms with Crippen LogP contribution in [-0.4, -0.2) is 14.1 Å². The lowest BCUT2D eigenvalue weighted by molar-refractivity contribution is 0.483. The van der Waals surface area contributed by atoms with E-state index in [1.54, 1.807) is 0 Å². The second kappa shape index (κ2) is 11.5. The maximum atomic E-state index is 6.51. The summed E-state index contributed by atoms with van der Waals surface area (Å²) in [5.74, 6) is 1.55. The predicted octanol–water partition coefficient (Wildman–Crippen LogP) is 11.4. The Balaban J connectivity index is 1.10. The van der Waals surface area contributed by atoms with Gasteiger partial charge in [-0.25, -0.2) is 4.98 Å². The molecule has 0 amide bonds. The van der Waals surface area contributed by atoms with Crippen LogP contribution in [0.1, 0.15) is 26.3 Å². The maximum absolute atomic E-state index is 6.51. The summed E-state index contributed by atoms with van der Waals surface area (Å²) >= 11 is 0. The first-order chi connectivity index (χ1) is 22.9. The molecular weight excluding hydrogens is 574 g/mol. The highest BCUT2D eigenvalue weighted by Crippen LogP contribution is 2.36. The van der Waals surface area contributed by atoms with E-state index in [0.717, 1.165) is 39.6 Å². The standard InChI is InChI=1S/C43H35N3O/c1-43(2,3)33-13-9-15-35(25-33)46-41-18-8-7-17-38(41)39-24-23-37(27-42(39)46)47-36-16-10-14-34(26-36)45-28-40(44-29-45)32-21-19-31(20-22-32)30-11-5-4-6-12-30/h4-29H,1-3H3. The Kier molecular flexibility index (Phi) is 6.99. The molecule has 4 nitrogen and oxygen atoms in total. The quantitative estimate of drug-likeness (QED) is 0.188. The summed E-state index contributed by atoms with van der Waals surface area (Å²) in [6.45, 7) is 6.77. The van der Waals surface area contributed by atoms with Crippen molar-refractivity contribution in [2.24, 2.45) is 0 Å². The zero-order valence-corrected chi connectivity index (χ0v) is 26.8. The third-order valence-corrected chi connectivity index (χ3v) is 8.84. The molecule has 0 bridgehead atoms. The monoisotopic (exact) mass is 609 g/mol. The van der Waals surface area contributed by atoms with E-state index in [1.807, 2.05) is 29.1 Å². The largest absolute Gasteiger partial charge is 0.457 e. The van der Waals surface area contributed by atoms with Crippen LogP contribution in [-0.2, 0) is 5.41 Å². The Morgan fingerprint density at radius 3 is 2.04 bits per heavy atom. The first-order valence-electron chi connectivity index (χ1n) is 16.0. The lowest BCUT2D eigenvalue weighted by Gasteiger charge is -2.20. The number of fused-ring (bicyclic) bond motifs is 3. The van der Waals surface area contributed by atoms with Gasteiger partial charge < -0.3 is 13.9 Å². The Labute approximate surface area is 275 Å². The van der Waals surface area contributed by atoms with Gasteiger partial charge in [-0.05, 0) is 64.6 Å². The zero-order chi connectivity index (χ0) is 32.0. The second-order valence-electron chi connectivity index (χ2n) is 13.0. The fourth-order valence-electron chi connectivity index (χ4n) is 6.32. The molecule has 0 N–H and O–H groups in total. The van der Waals surface area contributed by atoms with E-state index >= 15 is 0 Å². The normalized spacial score (nSPS) is 11.7. The molecule has 4 heteroatoms. The van der Waals surface area contributed by atoms with E-state index in [4.69, 9.17) is 9.72 Å². The second-order valence-corrected chi connectivity index (χ2v) is 13.0. The molecule has 2 heterocycles. The van der Waals surface area contributed by atoms with Gasteiger partial charge in [-0.1, -0.05) is 112 Å². The third-order valence-electron chi connectivity index (χ3n) is 8.84. The summed E-state index contributed by atoms with van der Waals surface area (Å²) in [4.78, 5) is 4.71. The number of para-hydroxylation sites is 1. The number of ether oxygens (including phenoxy) is 1. The Morgan fingerprint density at radius 1 is 0.532 bits per heavy atom. The predicted molar refractivity (Wildman–Crippen MR) is 194 cm³/mol. The van der Waals surface area contributed by atoms with Crippen LogP contribution in [0.5, 0.6) is 11.5 Å². The molecule has 0 aliphatic heterocycles. The minimum absolute atomic E-state index is 0.0526. The lowest BCUT2D eigenvalue weighted by Crippen LogP contribution is -2.11. The third kappa shape index (κ3) is 5.49. The number of rotatable bonds is 6. The highest BCUT2D eigenvalue weighted by Gasteiger charge is 2.17. The summed E-state index contributed by atoms with van der Waals surface area (Å²) < 4.78 is 10.9. The molecule has 0 unspecified atom stereocenters. The Hall–Kier alpha value is -5.87. The van der Waals surface area contributed by atoms with Crippen LogP contribution in [0.15, 0.2) is 158 Å². The number of nitrogens with zero attached hydrogens (tertiary/aromatic N) is 3. The van der Waals surface area contributed by atoms with Gasteiger partial charge in [0.2, 0.25) is 0 Å². The molecule has 6 aromatic carbocycles. The van der Waals surface area contributed by atoms with Gasteiger partial charge in [0.1, 0.15) is 11.5 Å². The SMILES string of the molecule is CC(C)(C)c1cccc(-n2c3ccccc3c3ccc(Oc4cccc(-n5cnc(-c6ccc(-c7ccccc7)cc6)c5)c4)cc32)c1. The van der Waals surface area contributed by atoms with Gasteiger partial charge in [0.25, 0.3) is 0 Å². The van der Waals surface area contributed by atoms with Crippen molar-refractivity contribution in [3.8, 4) is 45.3 Å². The van der Waals surface area contributed by atoms with Gasteiger partial charge in [0.15, 0.2) is 0 Å². The molecule has 0 fully saturated rings. The molecule has 0 aliphatic carbocycles. The van der Waals surface area contributed by atoms with E-state index in [0.29, 0.717) is 0 Å². The van der Waals surface area contributed by atoms with Crippen LogP contribution in [0, 0.1) is 0 Å². The van der Waals surface area contributed by atoms with E-state index in [2.05, 4.69) is 159 Å². The zero-order valence-electron chi connectivity index (χ0n) is 26.8. The van der Waals surface area contributed by atoms with Crippen molar-refractivity contribution >= 4 is 21.8 Å². The number of benzene rings is 6. The topological polar surface area (TPSA) is 32.0 Å². The lowest BCUT2D eigenvalue weighted by atomic mass is 9.87. The molecule has 8 aromatic rings. The van der Waals surface area contributed by atoms with Crippen LogP contribution in [0.25, 0.3) is 55.6 Å². The molecule has 0 saturated heterocycles. The molecule has 2 aromatic heterocycles. The van der Waals surface area contributed by atoms with Crippen molar-refractivity contribution < 1.29 is 4.74 Å². The summed E-state index contributed by atoms with van der Waals surface area (Å²) in [5, 5.41) is 2.42. The van der Waals surface area contributed by atoms with Crippen molar-refractivity contribution in [1.82, 2.24) is 14.1 Å². The fourth-order valence-corrected chi connectivity index (χ4v) is 6.32. The number of aromatic nitrogens is 3. The number of hydrogen-bond donors (Lipinski definition) is 0. The fraction of sp³-hybridized carbons (Fsp3) is 0.0930. The molecule has 0 aliphatic rings. The summed E-state index contributed by atoms with van der Waals surface area (Å²) in [6, 6.07) is 51.0. The van der Waals surface area contributed by atoms with Crippen molar-refractivity contribution in [2.75, 3.05) is 0 Å². The molecule has 0 atom stereocenters. The van der Waals surface area contributed by atoms with E-state index in [1.165, 1.54) is 33.0 Å². The minimum atomic E-state index is 0.0526. The van der Waals surface area contributed by atoms with Crippen LogP contribution in [0.4, 0.5) is 0 Å². The minimum Gasteiger partial charge on any atom is -0.457 e. The van der Waals surface area contributed by atoms with Crippen LogP contribution in [0.3, 0.4) is 0 Å².